The predicted octanol–water partition coefficient (Wildman–Crippen LogP) is 2.07. The zero-order valence-electron chi connectivity index (χ0n) is 9.96. The largest absolute Gasteiger partial charge is 0.478 e. The van der Waals surface area contributed by atoms with Gasteiger partial charge in [0.1, 0.15) is 5.69 Å². The van der Waals surface area contributed by atoms with Crippen LogP contribution in [0.5, 0.6) is 0 Å². The molecule has 0 saturated carbocycles. The Morgan fingerprint density at radius 2 is 2.32 bits per heavy atom. The van der Waals surface area contributed by atoms with Crippen molar-refractivity contribution in [3.05, 3.63) is 33.9 Å². The Balaban J connectivity index is 2.75. The van der Waals surface area contributed by atoms with Crippen molar-refractivity contribution < 1.29 is 14.8 Å². The molecule has 0 saturated heterocycles. The molecule has 0 aliphatic heterocycles. The van der Waals surface area contributed by atoms with Crippen LogP contribution in [0, 0.1) is 22.5 Å². The third kappa shape index (κ3) is 4.52. The molecule has 0 amide bonds. The molecular formula is C12H12N2O4S. The molecule has 2 N–H and O–H groups in total. The molecule has 0 spiro atoms. The Labute approximate surface area is 114 Å². The average molecular weight is 280 g/mol. The normalized spacial score (nSPS) is 9.63. The highest BCUT2D eigenvalue weighted by molar-refractivity contribution is 7.99. The second-order valence-electron chi connectivity index (χ2n) is 3.48. The molecule has 7 heteroatoms. The summed E-state index contributed by atoms with van der Waals surface area (Å²) in [6, 6.07) is 3.76. The number of thioether (sulfide) groups is 1. The van der Waals surface area contributed by atoms with Gasteiger partial charge in [-0.3, -0.25) is 10.1 Å². The lowest BCUT2D eigenvalue weighted by atomic mass is 10.1. The van der Waals surface area contributed by atoms with E-state index in [2.05, 4.69) is 11.2 Å². The van der Waals surface area contributed by atoms with Crippen molar-refractivity contribution in [3.63, 3.8) is 0 Å². The third-order valence-electron chi connectivity index (χ3n) is 2.19. The molecule has 0 atom stereocenters. The van der Waals surface area contributed by atoms with Gasteiger partial charge >= 0.3 is 5.97 Å². The van der Waals surface area contributed by atoms with Gasteiger partial charge in [-0.25, -0.2) is 4.79 Å². The van der Waals surface area contributed by atoms with E-state index in [9.17, 15) is 14.9 Å². The number of nitro groups is 1. The first-order valence-corrected chi connectivity index (χ1v) is 6.48. The van der Waals surface area contributed by atoms with Crippen LogP contribution in [0.4, 0.5) is 11.4 Å². The van der Waals surface area contributed by atoms with E-state index in [1.54, 1.807) is 0 Å². The lowest BCUT2D eigenvalue weighted by Crippen LogP contribution is -2.07. The number of benzene rings is 1. The summed E-state index contributed by atoms with van der Waals surface area (Å²) in [4.78, 5) is 21.0. The number of nitrogens with one attached hydrogen (secondary N) is 1. The molecule has 0 aromatic heterocycles. The Hall–Kier alpha value is -2.20. The van der Waals surface area contributed by atoms with Gasteiger partial charge in [-0.05, 0) is 12.1 Å². The zero-order valence-corrected chi connectivity index (χ0v) is 10.8. The van der Waals surface area contributed by atoms with Gasteiger partial charge in [0.05, 0.1) is 16.2 Å². The maximum absolute atomic E-state index is 10.9. The van der Waals surface area contributed by atoms with Crippen LogP contribution in [-0.4, -0.2) is 34.0 Å². The first-order valence-electron chi connectivity index (χ1n) is 5.33. The molecule has 0 aliphatic carbocycles. The fraction of sp³-hybridized carbons (Fsp3) is 0.250. The van der Waals surface area contributed by atoms with Crippen molar-refractivity contribution in [2.45, 2.75) is 0 Å². The molecule has 1 rings (SSSR count). The molecule has 0 bridgehead atoms. The Bertz CT molecular complexity index is 525. The van der Waals surface area contributed by atoms with Crippen molar-refractivity contribution >= 4 is 29.1 Å². The standard InChI is InChI=1S/C12H12N2O4S/c1-2-6-19-7-5-13-10-4-3-9(12(15)16)8-11(10)14(17)18/h1,3-4,8,13H,5-7H2,(H,15,16). The van der Waals surface area contributed by atoms with Gasteiger partial charge in [0.25, 0.3) is 5.69 Å². The van der Waals surface area contributed by atoms with Gasteiger partial charge in [0.2, 0.25) is 0 Å². The summed E-state index contributed by atoms with van der Waals surface area (Å²) in [7, 11) is 0. The van der Waals surface area contributed by atoms with Gasteiger partial charge in [0.15, 0.2) is 0 Å². The summed E-state index contributed by atoms with van der Waals surface area (Å²) in [6.45, 7) is 0.513. The van der Waals surface area contributed by atoms with Crippen LogP contribution in [0.25, 0.3) is 0 Å². The highest BCUT2D eigenvalue weighted by Gasteiger charge is 2.16. The summed E-state index contributed by atoms with van der Waals surface area (Å²) >= 11 is 1.53. The molecule has 0 radical (unpaired) electrons. The topological polar surface area (TPSA) is 92.5 Å². The second-order valence-corrected chi connectivity index (χ2v) is 4.58. The minimum Gasteiger partial charge on any atom is -0.478 e. The SMILES string of the molecule is C#CCSCCNc1ccc(C(=O)O)cc1[N+](=O)[O-]. The van der Waals surface area contributed by atoms with Crippen molar-refractivity contribution in [2.24, 2.45) is 0 Å². The fourth-order valence-corrected chi connectivity index (χ4v) is 1.86. The monoisotopic (exact) mass is 280 g/mol. The summed E-state index contributed by atoms with van der Waals surface area (Å²) in [5.74, 6) is 2.58. The molecule has 19 heavy (non-hydrogen) atoms. The van der Waals surface area contributed by atoms with Crippen LogP contribution in [0.15, 0.2) is 18.2 Å². The first kappa shape index (κ1) is 14.9. The molecular weight excluding hydrogens is 268 g/mol. The number of aromatic carboxylic acids is 1. The number of nitrogens with zero attached hydrogens (tertiary/aromatic N) is 1. The first-order chi connectivity index (χ1) is 9.06. The van der Waals surface area contributed by atoms with E-state index in [4.69, 9.17) is 11.5 Å². The molecule has 0 fully saturated rings. The third-order valence-corrected chi connectivity index (χ3v) is 3.05. The predicted molar refractivity (Wildman–Crippen MR) is 74.7 cm³/mol. The van der Waals surface area contributed by atoms with Gasteiger partial charge in [-0.15, -0.1) is 18.2 Å². The number of carbonyl (C=O) groups is 1. The van der Waals surface area contributed by atoms with Crippen molar-refractivity contribution in [3.8, 4) is 12.3 Å². The Morgan fingerprint density at radius 3 is 2.89 bits per heavy atom. The van der Waals surface area contributed by atoms with Gasteiger partial charge in [-0.1, -0.05) is 5.92 Å². The summed E-state index contributed by atoms with van der Waals surface area (Å²) in [5.41, 5.74) is -0.0582. The van der Waals surface area contributed by atoms with Crippen LogP contribution >= 0.6 is 11.8 Å². The zero-order chi connectivity index (χ0) is 14.3. The molecule has 0 heterocycles. The average Bonchev–Trinajstić information content (AvgIpc) is 2.38. The molecule has 1 aromatic rings. The van der Waals surface area contributed by atoms with Crippen LogP contribution in [0.3, 0.4) is 0 Å². The number of rotatable bonds is 7. The number of carboxylic acids is 1. The molecule has 0 unspecified atom stereocenters. The minimum absolute atomic E-state index is 0.112. The second kappa shape index (κ2) is 7.28. The summed E-state index contributed by atoms with van der Waals surface area (Å²) in [5, 5.41) is 22.6. The number of nitro benzene ring substituents is 1. The molecule has 6 nitrogen and oxygen atoms in total. The van der Waals surface area contributed by atoms with E-state index < -0.39 is 10.9 Å². The van der Waals surface area contributed by atoms with E-state index in [0.717, 1.165) is 6.07 Å². The van der Waals surface area contributed by atoms with Crippen LogP contribution < -0.4 is 5.32 Å². The number of anilines is 1. The van der Waals surface area contributed by atoms with E-state index in [1.807, 2.05) is 0 Å². The van der Waals surface area contributed by atoms with Crippen LogP contribution in [0.1, 0.15) is 10.4 Å². The lowest BCUT2D eigenvalue weighted by Gasteiger charge is -2.07. The van der Waals surface area contributed by atoms with Crippen LogP contribution in [-0.2, 0) is 0 Å². The Kier molecular flexibility index (Phi) is 5.70. The van der Waals surface area contributed by atoms with Crippen molar-refractivity contribution in [2.75, 3.05) is 23.4 Å². The molecule has 0 aliphatic rings. The maximum atomic E-state index is 10.9. The van der Waals surface area contributed by atoms with E-state index in [0.29, 0.717) is 23.7 Å². The summed E-state index contributed by atoms with van der Waals surface area (Å²) < 4.78 is 0. The van der Waals surface area contributed by atoms with Crippen molar-refractivity contribution in [1.29, 1.82) is 0 Å². The smallest absolute Gasteiger partial charge is 0.335 e. The molecule has 100 valence electrons. The fourth-order valence-electron chi connectivity index (χ4n) is 1.35. The number of hydrogen-bond acceptors (Lipinski definition) is 5. The van der Waals surface area contributed by atoms with E-state index in [1.165, 1.54) is 23.9 Å². The Morgan fingerprint density at radius 1 is 1.58 bits per heavy atom. The van der Waals surface area contributed by atoms with Crippen molar-refractivity contribution in [1.82, 2.24) is 0 Å². The number of hydrogen-bond donors (Lipinski definition) is 2. The van der Waals surface area contributed by atoms with Crippen LogP contribution in [0.2, 0.25) is 0 Å². The minimum atomic E-state index is -1.20. The maximum Gasteiger partial charge on any atom is 0.335 e. The quantitative estimate of drug-likeness (QED) is 0.344. The highest BCUT2D eigenvalue weighted by atomic mass is 32.2. The van der Waals surface area contributed by atoms with Gasteiger partial charge in [-0.2, -0.15) is 0 Å². The van der Waals surface area contributed by atoms with Gasteiger partial charge in [0, 0.05) is 18.4 Å². The summed E-state index contributed by atoms with van der Waals surface area (Å²) in [6.07, 6.45) is 5.09. The van der Waals surface area contributed by atoms with Gasteiger partial charge < -0.3 is 10.4 Å². The number of carboxylic acid groups (broad SMARTS) is 1. The molecule has 1 aromatic carbocycles. The van der Waals surface area contributed by atoms with E-state index >= 15 is 0 Å². The number of terminal acetylenes is 1. The highest BCUT2D eigenvalue weighted by Crippen LogP contribution is 2.25. The van der Waals surface area contributed by atoms with E-state index in [-0.39, 0.29) is 11.3 Å². The lowest BCUT2D eigenvalue weighted by molar-refractivity contribution is -0.384.